The Morgan fingerprint density at radius 1 is 1.30 bits per heavy atom. The minimum absolute atomic E-state index is 0.296. The highest BCUT2D eigenvalue weighted by Crippen LogP contribution is 2.31. The molecule has 1 aromatic heterocycles. The lowest BCUT2D eigenvalue weighted by Crippen LogP contribution is -2.28. The third-order valence-electron chi connectivity index (χ3n) is 4.57. The second-order valence-electron chi connectivity index (χ2n) is 6.21. The zero-order valence-electron chi connectivity index (χ0n) is 13.2. The number of aromatic nitrogens is 1. The molecule has 3 heteroatoms. The summed E-state index contributed by atoms with van der Waals surface area (Å²) < 4.78 is 6.09. The van der Waals surface area contributed by atoms with Gasteiger partial charge < -0.3 is 10.1 Å². The van der Waals surface area contributed by atoms with Crippen molar-refractivity contribution >= 4 is 0 Å². The fourth-order valence-corrected chi connectivity index (χ4v) is 2.93. The minimum atomic E-state index is 0.296. The molecule has 1 saturated carbocycles. The van der Waals surface area contributed by atoms with Gasteiger partial charge in [-0.15, -0.1) is 0 Å². The fourth-order valence-electron chi connectivity index (χ4n) is 2.93. The Labute approximate surface area is 123 Å². The van der Waals surface area contributed by atoms with Crippen LogP contribution in [0.1, 0.15) is 58.7 Å². The number of ether oxygens (including phenoxy) is 1. The van der Waals surface area contributed by atoms with Gasteiger partial charge in [0, 0.05) is 6.04 Å². The van der Waals surface area contributed by atoms with Gasteiger partial charge in [-0.2, -0.15) is 0 Å². The molecule has 0 aliphatic heterocycles. The Bertz CT molecular complexity index is 404. The smallest absolute Gasteiger partial charge is 0.138 e. The van der Waals surface area contributed by atoms with Gasteiger partial charge in [-0.3, -0.25) is 4.98 Å². The van der Waals surface area contributed by atoms with Crippen LogP contribution in [-0.2, 0) is 0 Å². The van der Waals surface area contributed by atoms with Gasteiger partial charge in [0.2, 0.25) is 0 Å². The van der Waals surface area contributed by atoms with Crippen LogP contribution < -0.4 is 10.1 Å². The summed E-state index contributed by atoms with van der Waals surface area (Å²) in [6.07, 6.45) is 5.83. The van der Waals surface area contributed by atoms with Crippen LogP contribution in [0.5, 0.6) is 5.75 Å². The molecule has 112 valence electrons. The zero-order chi connectivity index (χ0) is 14.5. The molecule has 4 unspecified atom stereocenters. The van der Waals surface area contributed by atoms with Gasteiger partial charge in [-0.05, 0) is 56.7 Å². The summed E-state index contributed by atoms with van der Waals surface area (Å²) in [6, 6.07) is 4.42. The van der Waals surface area contributed by atoms with Crippen molar-refractivity contribution in [2.75, 3.05) is 6.54 Å². The molecule has 3 nitrogen and oxygen atoms in total. The van der Waals surface area contributed by atoms with Gasteiger partial charge in [0.1, 0.15) is 5.75 Å². The van der Waals surface area contributed by atoms with Gasteiger partial charge in [-0.1, -0.05) is 20.8 Å². The first-order valence-electron chi connectivity index (χ1n) is 7.96. The van der Waals surface area contributed by atoms with Crippen molar-refractivity contribution in [1.82, 2.24) is 10.3 Å². The number of rotatable bonds is 5. The lowest BCUT2D eigenvalue weighted by molar-refractivity contribution is 0.100. The van der Waals surface area contributed by atoms with Crippen LogP contribution >= 0.6 is 0 Å². The second kappa shape index (κ2) is 7.07. The Balaban J connectivity index is 1.90. The van der Waals surface area contributed by atoms with E-state index in [1.807, 2.05) is 6.20 Å². The number of nitrogens with zero attached hydrogens (tertiary/aromatic N) is 1. The van der Waals surface area contributed by atoms with Crippen LogP contribution in [0.2, 0.25) is 0 Å². The van der Waals surface area contributed by atoms with E-state index in [1.54, 1.807) is 0 Å². The van der Waals surface area contributed by atoms with E-state index in [4.69, 9.17) is 4.74 Å². The number of hydrogen-bond acceptors (Lipinski definition) is 3. The molecule has 1 heterocycles. The Hall–Kier alpha value is -1.09. The Kier molecular flexibility index (Phi) is 5.41. The van der Waals surface area contributed by atoms with Crippen molar-refractivity contribution in [2.24, 2.45) is 11.8 Å². The highest BCUT2D eigenvalue weighted by atomic mass is 16.5. The summed E-state index contributed by atoms with van der Waals surface area (Å²) in [5, 5.41) is 3.37. The summed E-state index contributed by atoms with van der Waals surface area (Å²) in [5.41, 5.74) is 1.07. The fraction of sp³-hybridized carbons (Fsp3) is 0.706. The van der Waals surface area contributed by atoms with Gasteiger partial charge in [0.05, 0.1) is 18.0 Å². The minimum Gasteiger partial charge on any atom is -0.489 e. The number of pyridine rings is 1. The predicted octanol–water partition coefficient (Wildman–Crippen LogP) is 3.96. The van der Waals surface area contributed by atoms with Gasteiger partial charge in [0.25, 0.3) is 0 Å². The molecular formula is C17H28N2O. The summed E-state index contributed by atoms with van der Waals surface area (Å²) in [5.74, 6) is 2.50. The van der Waals surface area contributed by atoms with Gasteiger partial charge >= 0.3 is 0 Å². The van der Waals surface area contributed by atoms with Crippen molar-refractivity contribution in [2.45, 2.75) is 59.1 Å². The van der Waals surface area contributed by atoms with Crippen molar-refractivity contribution in [3.05, 3.63) is 24.0 Å². The molecule has 1 aromatic rings. The maximum atomic E-state index is 6.09. The first-order chi connectivity index (χ1) is 9.60. The highest BCUT2D eigenvalue weighted by Gasteiger charge is 2.25. The van der Waals surface area contributed by atoms with E-state index < -0.39 is 0 Å². The first-order valence-corrected chi connectivity index (χ1v) is 7.96. The molecule has 1 aliphatic rings. The molecular weight excluding hydrogens is 248 g/mol. The summed E-state index contributed by atoms with van der Waals surface area (Å²) in [7, 11) is 0. The van der Waals surface area contributed by atoms with E-state index in [1.165, 1.54) is 12.8 Å². The number of nitrogens with one attached hydrogen (secondary N) is 1. The summed E-state index contributed by atoms with van der Waals surface area (Å²) >= 11 is 0. The van der Waals surface area contributed by atoms with E-state index in [0.717, 1.165) is 36.2 Å². The maximum absolute atomic E-state index is 6.09. The Morgan fingerprint density at radius 3 is 2.70 bits per heavy atom. The molecule has 0 bridgehead atoms. The standard InChI is InChI=1S/C17H28N2O/c1-5-18-14(4)17-9-8-16(11-19-17)20-15-7-6-12(2)13(3)10-15/h8-9,11-15,18H,5-7,10H2,1-4H3. The predicted molar refractivity (Wildman–Crippen MR) is 82.9 cm³/mol. The van der Waals surface area contributed by atoms with Crippen LogP contribution in [0.4, 0.5) is 0 Å². The molecule has 0 aromatic carbocycles. The van der Waals surface area contributed by atoms with Crippen LogP contribution in [0.25, 0.3) is 0 Å². The quantitative estimate of drug-likeness (QED) is 0.884. The molecule has 4 atom stereocenters. The normalized spacial score (nSPS) is 28.1. The van der Waals surface area contributed by atoms with Crippen LogP contribution in [0.3, 0.4) is 0 Å². The second-order valence-corrected chi connectivity index (χ2v) is 6.21. The molecule has 1 aliphatic carbocycles. The zero-order valence-corrected chi connectivity index (χ0v) is 13.2. The molecule has 2 rings (SSSR count). The average molecular weight is 276 g/mol. The van der Waals surface area contributed by atoms with E-state index >= 15 is 0 Å². The SMILES string of the molecule is CCNC(C)c1ccc(OC2CCC(C)C(C)C2)cn1. The third kappa shape index (κ3) is 3.95. The molecule has 0 radical (unpaired) electrons. The third-order valence-corrected chi connectivity index (χ3v) is 4.57. The number of hydrogen-bond donors (Lipinski definition) is 1. The van der Waals surface area contributed by atoms with Crippen LogP contribution in [0, 0.1) is 11.8 Å². The molecule has 1 N–H and O–H groups in total. The largest absolute Gasteiger partial charge is 0.489 e. The van der Waals surface area contributed by atoms with Crippen molar-refractivity contribution in [1.29, 1.82) is 0 Å². The lowest BCUT2D eigenvalue weighted by atomic mass is 9.80. The molecule has 0 spiro atoms. The molecule has 0 amide bonds. The Morgan fingerprint density at radius 2 is 2.10 bits per heavy atom. The topological polar surface area (TPSA) is 34.1 Å². The van der Waals surface area contributed by atoms with E-state index in [-0.39, 0.29) is 0 Å². The van der Waals surface area contributed by atoms with E-state index in [0.29, 0.717) is 12.1 Å². The summed E-state index contributed by atoms with van der Waals surface area (Å²) in [4.78, 5) is 4.51. The molecule has 1 fully saturated rings. The van der Waals surface area contributed by atoms with Gasteiger partial charge in [-0.25, -0.2) is 0 Å². The highest BCUT2D eigenvalue weighted by molar-refractivity contribution is 5.21. The molecule has 0 saturated heterocycles. The average Bonchev–Trinajstić information content (AvgIpc) is 2.44. The first kappa shape index (κ1) is 15.3. The van der Waals surface area contributed by atoms with Crippen molar-refractivity contribution < 1.29 is 4.74 Å². The molecule has 20 heavy (non-hydrogen) atoms. The lowest BCUT2D eigenvalue weighted by Gasteiger charge is -2.32. The maximum Gasteiger partial charge on any atom is 0.138 e. The van der Waals surface area contributed by atoms with E-state index in [9.17, 15) is 0 Å². The van der Waals surface area contributed by atoms with Crippen molar-refractivity contribution in [3.8, 4) is 5.75 Å². The monoisotopic (exact) mass is 276 g/mol. The van der Waals surface area contributed by atoms with E-state index in [2.05, 4.69) is 50.1 Å². The van der Waals surface area contributed by atoms with Crippen LogP contribution in [-0.4, -0.2) is 17.6 Å². The summed E-state index contributed by atoms with van der Waals surface area (Å²) in [6.45, 7) is 9.88. The van der Waals surface area contributed by atoms with Crippen LogP contribution in [0.15, 0.2) is 18.3 Å². The van der Waals surface area contributed by atoms with Gasteiger partial charge in [0.15, 0.2) is 0 Å². The van der Waals surface area contributed by atoms with Crippen molar-refractivity contribution in [3.63, 3.8) is 0 Å².